The van der Waals surface area contributed by atoms with Crippen LogP contribution in [-0.4, -0.2) is 24.4 Å². The first-order valence-electron chi connectivity index (χ1n) is 8.29. The molecule has 2 rings (SSSR count). The van der Waals surface area contributed by atoms with E-state index in [-0.39, 0.29) is 12.2 Å². The fourth-order valence-corrected chi connectivity index (χ4v) is 2.52. The summed E-state index contributed by atoms with van der Waals surface area (Å²) in [5.41, 5.74) is 1.04. The van der Waals surface area contributed by atoms with Gasteiger partial charge in [-0.3, -0.25) is 0 Å². The molecule has 1 aromatic heterocycles. The predicted octanol–water partition coefficient (Wildman–Crippen LogP) is 3.29. The summed E-state index contributed by atoms with van der Waals surface area (Å²) in [6.07, 6.45) is 0.673. The molecule has 0 radical (unpaired) electrons. The summed E-state index contributed by atoms with van der Waals surface area (Å²) in [7, 11) is 1.56. The van der Waals surface area contributed by atoms with Crippen molar-refractivity contribution >= 4 is 18.3 Å². The molecule has 142 valence electrons. The maximum absolute atomic E-state index is 13.0. The van der Waals surface area contributed by atoms with Crippen molar-refractivity contribution in [2.24, 2.45) is 0 Å². The molecule has 0 saturated heterocycles. The topological polar surface area (TPSA) is 26.2 Å². The second kappa shape index (κ2) is 9.04. The first-order chi connectivity index (χ1) is 12.9. The van der Waals surface area contributed by atoms with Crippen molar-refractivity contribution in [3.8, 4) is 17.6 Å². The van der Waals surface area contributed by atoms with Gasteiger partial charge in [0.05, 0.1) is 25.0 Å². The van der Waals surface area contributed by atoms with E-state index in [9.17, 15) is 13.2 Å². The Hall–Kier alpha value is -3.07. The highest BCUT2D eigenvalue weighted by atomic mass is 19.4. The van der Waals surface area contributed by atoms with Gasteiger partial charge in [0.25, 0.3) is 0 Å². The molecular weight excluding hydrogens is 353 g/mol. The summed E-state index contributed by atoms with van der Waals surface area (Å²) in [5.74, 6) is 6.34. The molecule has 0 aliphatic carbocycles. The van der Waals surface area contributed by atoms with E-state index >= 15 is 0 Å². The quantitative estimate of drug-likeness (QED) is 0.813. The lowest BCUT2D eigenvalue weighted by molar-refractivity contribution is -0.141. The van der Waals surface area contributed by atoms with E-state index in [1.807, 2.05) is 24.3 Å². The highest BCUT2D eigenvalue weighted by Crippen LogP contribution is 2.22. The Morgan fingerprint density at radius 3 is 2.70 bits per heavy atom. The van der Waals surface area contributed by atoms with E-state index in [1.54, 1.807) is 38.3 Å². The van der Waals surface area contributed by atoms with Gasteiger partial charge in [0, 0.05) is 5.35 Å². The average Bonchev–Trinajstić information content (AvgIpc) is 2.90. The molecule has 27 heavy (non-hydrogen) atoms. The van der Waals surface area contributed by atoms with Gasteiger partial charge < -0.3 is 14.6 Å². The number of hydrogen-bond donors (Lipinski definition) is 1. The molecule has 1 aromatic carbocycles. The van der Waals surface area contributed by atoms with E-state index in [2.05, 4.69) is 23.7 Å². The summed E-state index contributed by atoms with van der Waals surface area (Å²) in [6, 6.07) is 8.91. The number of para-hydroxylation sites is 2. The van der Waals surface area contributed by atoms with Crippen molar-refractivity contribution in [3.05, 3.63) is 58.7 Å². The van der Waals surface area contributed by atoms with E-state index in [0.717, 1.165) is 10.3 Å². The van der Waals surface area contributed by atoms with Crippen molar-refractivity contribution < 1.29 is 17.9 Å². The van der Waals surface area contributed by atoms with Crippen LogP contribution in [-0.2, 0) is 6.54 Å². The van der Waals surface area contributed by atoms with Crippen molar-refractivity contribution in [1.82, 2.24) is 4.57 Å². The minimum absolute atomic E-state index is 0.262. The zero-order valence-corrected chi connectivity index (χ0v) is 15.2. The predicted molar refractivity (Wildman–Crippen MR) is 103 cm³/mol. The van der Waals surface area contributed by atoms with Crippen LogP contribution in [0, 0.1) is 11.8 Å². The fraction of sp³-hybridized carbons (Fsp3) is 0.238. The zero-order valence-electron chi connectivity index (χ0n) is 15.2. The number of nitrogens with zero attached hydrogens (tertiary/aromatic N) is 1. The zero-order chi connectivity index (χ0) is 19.9. The molecule has 0 atom stereocenters. The number of alkyl halides is 3. The van der Waals surface area contributed by atoms with Gasteiger partial charge in [0.2, 0.25) is 0 Å². The van der Waals surface area contributed by atoms with Crippen LogP contribution in [0.4, 0.5) is 18.9 Å². The molecule has 1 heterocycles. The van der Waals surface area contributed by atoms with E-state index in [0.29, 0.717) is 16.3 Å². The van der Waals surface area contributed by atoms with Crippen LogP contribution in [0.1, 0.15) is 12.6 Å². The third-order valence-electron chi connectivity index (χ3n) is 3.70. The Morgan fingerprint density at radius 1 is 1.30 bits per heavy atom. The molecule has 6 heteroatoms. The molecule has 0 saturated carbocycles. The van der Waals surface area contributed by atoms with Crippen molar-refractivity contribution in [1.29, 1.82) is 0 Å². The largest absolute Gasteiger partial charge is 0.495 e. The van der Waals surface area contributed by atoms with Gasteiger partial charge in [-0.05, 0) is 42.3 Å². The first kappa shape index (κ1) is 20.2. The number of aromatic nitrogens is 1. The fourth-order valence-electron chi connectivity index (χ4n) is 2.52. The molecule has 0 fully saturated rings. The van der Waals surface area contributed by atoms with Crippen LogP contribution in [0.25, 0.3) is 12.7 Å². The number of nitrogens with one attached hydrogen (secondary N) is 1. The number of rotatable bonds is 5. The lowest BCUT2D eigenvalue weighted by atomic mass is 10.3. The molecule has 1 N–H and O–H groups in total. The summed E-state index contributed by atoms with van der Waals surface area (Å²) in [4.78, 5) is 0. The first-order valence-corrected chi connectivity index (χ1v) is 8.29. The molecule has 0 spiro atoms. The summed E-state index contributed by atoms with van der Waals surface area (Å²) in [5, 5.41) is 3.99. The molecule has 0 bridgehead atoms. The number of benzene rings is 1. The number of allylic oxidation sites excluding steroid dienone is 2. The Morgan fingerprint density at radius 2 is 2.04 bits per heavy atom. The minimum atomic E-state index is -4.35. The van der Waals surface area contributed by atoms with Gasteiger partial charge in [-0.15, -0.1) is 0 Å². The van der Waals surface area contributed by atoms with E-state index in [4.69, 9.17) is 4.74 Å². The van der Waals surface area contributed by atoms with Crippen LogP contribution in [0.5, 0.6) is 5.75 Å². The third-order valence-corrected chi connectivity index (χ3v) is 3.70. The van der Waals surface area contributed by atoms with Gasteiger partial charge in [-0.2, -0.15) is 13.2 Å². The summed E-state index contributed by atoms with van der Waals surface area (Å²) in [6.45, 7) is 4.77. The van der Waals surface area contributed by atoms with Crippen LogP contribution in [0.15, 0.2) is 42.5 Å². The molecule has 0 aliphatic rings. The molecule has 0 aliphatic heterocycles. The Bertz CT molecular complexity index is 976. The highest BCUT2D eigenvalue weighted by Gasteiger charge is 2.29. The van der Waals surface area contributed by atoms with Crippen molar-refractivity contribution in [2.45, 2.75) is 19.6 Å². The standard InChI is InChI=1S/C21H21F3N2O/c1-4-5-11-19-16(2)14-17(26(19)15-21(22,23)24)9-8-13-25-18-10-6-7-12-20(18)27-3/h4-7,10-12,14,25H,2,13,15H2,1,3H3/b5-4-,19-11+. The monoisotopic (exact) mass is 374 g/mol. The van der Waals surface area contributed by atoms with Crippen LogP contribution in [0.2, 0.25) is 0 Å². The number of methoxy groups -OCH3 is 1. The molecule has 0 unspecified atom stereocenters. The van der Waals surface area contributed by atoms with Crippen LogP contribution in [0.3, 0.4) is 0 Å². The van der Waals surface area contributed by atoms with Gasteiger partial charge in [0.15, 0.2) is 0 Å². The Balaban J connectivity index is 2.29. The second-order valence-electron chi connectivity index (χ2n) is 5.69. The number of hydrogen-bond acceptors (Lipinski definition) is 2. The van der Waals surface area contributed by atoms with E-state index in [1.165, 1.54) is 0 Å². The number of ether oxygens (including phenoxy) is 1. The van der Waals surface area contributed by atoms with Gasteiger partial charge in [-0.1, -0.05) is 36.8 Å². The van der Waals surface area contributed by atoms with Gasteiger partial charge >= 0.3 is 6.18 Å². The number of anilines is 1. The maximum Gasteiger partial charge on any atom is 0.406 e. The summed E-state index contributed by atoms with van der Waals surface area (Å²) >= 11 is 0. The molecular formula is C21H21F3N2O. The molecule has 2 aromatic rings. The van der Waals surface area contributed by atoms with Crippen molar-refractivity contribution in [2.75, 3.05) is 19.0 Å². The maximum atomic E-state index is 13.0. The van der Waals surface area contributed by atoms with E-state index < -0.39 is 12.7 Å². The smallest absolute Gasteiger partial charge is 0.406 e. The Labute approximate surface area is 156 Å². The minimum Gasteiger partial charge on any atom is -0.495 e. The van der Waals surface area contributed by atoms with Crippen LogP contribution >= 0.6 is 0 Å². The second-order valence-corrected chi connectivity index (χ2v) is 5.69. The molecule has 0 amide bonds. The molecule has 3 nitrogen and oxygen atoms in total. The average molecular weight is 374 g/mol. The summed E-state index contributed by atoms with van der Waals surface area (Å²) < 4.78 is 45.3. The lowest BCUT2D eigenvalue weighted by Crippen LogP contribution is -2.33. The van der Waals surface area contributed by atoms with Crippen molar-refractivity contribution in [3.63, 3.8) is 0 Å². The van der Waals surface area contributed by atoms with Gasteiger partial charge in [-0.25, -0.2) is 0 Å². The van der Waals surface area contributed by atoms with Crippen LogP contribution < -0.4 is 20.6 Å². The normalized spacial score (nSPS) is 12.1. The van der Waals surface area contributed by atoms with Gasteiger partial charge in [0.1, 0.15) is 12.3 Å². The lowest BCUT2D eigenvalue weighted by Gasteiger charge is -2.10. The third kappa shape index (κ3) is 5.71. The Kier molecular flexibility index (Phi) is 6.78. The highest BCUT2D eigenvalue weighted by molar-refractivity contribution is 5.56. The number of halogens is 3. The SMILES string of the molecule is C=c1cc(C#CCNc2ccccc2OC)n(CC(F)(F)F)/c1=C/C=C\C.